The Morgan fingerprint density at radius 2 is 1.72 bits per heavy atom. The fourth-order valence-corrected chi connectivity index (χ4v) is 5.51. The van der Waals surface area contributed by atoms with Gasteiger partial charge in [0.1, 0.15) is 5.75 Å². The second-order valence-electron chi connectivity index (χ2n) is 7.86. The van der Waals surface area contributed by atoms with Crippen LogP contribution in [0.1, 0.15) is 12.5 Å². The molecule has 0 saturated carbocycles. The van der Waals surface area contributed by atoms with Crippen molar-refractivity contribution in [2.45, 2.75) is 18.4 Å². The monoisotopic (exact) mass is 453 g/mol. The number of piperazine rings is 1. The minimum atomic E-state index is -3.66. The predicted molar refractivity (Wildman–Crippen MR) is 125 cm³/mol. The molecule has 8 heteroatoms. The van der Waals surface area contributed by atoms with E-state index in [0.717, 1.165) is 6.54 Å². The number of hydrogen-bond acceptors (Lipinski definition) is 5. The Morgan fingerprint density at radius 1 is 1.00 bits per heavy atom. The molecule has 0 radical (unpaired) electrons. The molecule has 7 nitrogen and oxygen atoms in total. The van der Waals surface area contributed by atoms with Crippen LogP contribution < -0.4 is 10.1 Å². The Labute approximate surface area is 188 Å². The van der Waals surface area contributed by atoms with E-state index in [2.05, 4.69) is 40.5 Å². The molecule has 1 N–H and O–H groups in total. The number of rotatable bonds is 6. The number of ether oxygens (including phenoxy) is 1. The van der Waals surface area contributed by atoms with Crippen molar-refractivity contribution in [3.63, 3.8) is 0 Å². The molecule has 0 spiro atoms. The molecule has 1 fully saturated rings. The first-order valence-electron chi connectivity index (χ1n) is 10.5. The third kappa shape index (κ3) is 4.62. The summed E-state index contributed by atoms with van der Waals surface area (Å²) in [6, 6.07) is 19.1. The largest absolute Gasteiger partial charge is 0.495 e. The number of amides is 1. The molecular weight excluding hydrogens is 426 g/mol. The van der Waals surface area contributed by atoms with Crippen molar-refractivity contribution in [2.75, 3.05) is 38.6 Å². The zero-order chi connectivity index (χ0) is 22.7. The van der Waals surface area contributed by atoms with E-state index in [9.17, 15) is 13.2 Å². The van der Waals surface area contributed by atoms with Gasteiger partial charge in [-0.05, 0) is 28.5 Å². The highest BCUT2D eigenvalue weighted by molar-refractivity contribution is 7.89. The molecule has 3 aromatic rings. The van der Waals surface area contributed by atoms with Gasteiger partial charge in [0.25, 0.3) is 0 Å². The lowest BCUT2D eigenvalue weighted by Gasteiger charge is -2.34. The van der Waals surface area contributed by atoms with E-state index in [1.165, 1.54) is 46.8 Å². The number of anilines is 1. The van der Waals surface area contributed by atoms with Crippen molar-refractivity contribution in [3.05, 3.63) is 66.2 Å². The lowest BCUT2D eigenvalue weighted by molar-refractivity contribution is -0.114. The molecule has 1 saturated heterocycles. The number of benzene rings is 3. The summed E-state index contributed by atoms with van der Waals surface area (Å²) in [5.74, 6) is 0.0668. The van der Waals surface area contributed by atoms with Crippen LogP contribution in [0.25, 0.3) is 10.8 Å². The molecule has 32 heavy (non-hydrogen) atoms. The fourth-order valence-electron chi connectivity index (χ4n) is 4.07. The average molecular weight is 454 g/mol. The van der Waals surface area contributed by atoms with Gasteiger partial charge in [0.15, 0.2) is 0 Å². The van der Waals surface area contributed by atoms with Crippen LogP contribution in [0.15, 0.2) is 65.6 Å². The van der Waals surface area contributed by atoms with Gasteiger partial charge >= 0.3 is 0 Å². The number of fused-ring (bicyclic) bond motifs is 1. The van der Waals surface area contributed by atoms with Crippen LogP contribution in [0.5, 0.6) is 5.75 Å². The Kier molecular flexibility index (Phi) is 6.45. The van der Waals surface area contributed by atoms with Gasteiger partial charge in [-0.2, -0.15) is 4.31 Å². The average Bonchev–Trinajstić information content (AvgIpc) is 2.79. The third-order valence-electron chi connectivity index (χ3n) is 5.73. The Balaban J connectivity index is 1.46. The van der Waals surface area contributed by atoms with Crippen LogP contribution in [-0.4, -0.2) is 56.8 Å². The van der Waals surface area contributed by atoms with E-state index in [1.54, 1.807) is 6.07 Å². The molecule has 0 unspecified atom stereocenters. The fraction of sp³-hybridized carbons (Fsp3) is 0.292. The third-order valence-corrected chi connectivity index (χ3v) is 7.62. The Hall–Kier alpha value is -2.94. The molecule has 0 aromatic heterocycles. The van der Waals surface area contributed by atoms with Crippen LogP contribution in [0.3, 0.4) is 0 Å². The summed E-state index contributed by atoms with van der Waals surface area (Å²) in [6.45, 7) is 4.33. The van der Waals surface area contributed by atoms with E-state index in [4.69, 9.17) is 4.74 Å². The Morgan fingerprint density at radius 3 is 2.44 bits per heavy atom. The SMILES string of the molecule is COc1cc(S(=O)(=O)N2CCN(Cc3cccc4ccccc34)CC2)ccc1NC(C)=O. The van der Waals surface area contributed by atoms with Gasteiger partial charge in [0.2, 0.25) is 15.9 Å². The molecule has 4 rings (SSSR count). The van der Waals surface area contributed by atoms with Gasteiger partial charge in [0, 0.05) is 45.7 Å². The molecule has 1 amide bonds. The van der Waals surface area contributed by atoms with Crippen LogP contribution in [-0.2, 0) is 21.4 Å². The zero-order valence-electron chi connectivity index (χ0n) is 18.2. The van der Waals surface area contributed by atoms with Gasteiger partial charge in [-0.1, -0.05) is 42.5 Å². The molecule has 168 valence electrons. The first-order valence-corrected chi connectivity index (χ1v) is 12.0. The topological polar surface area (TPSA) is 79.0 Å². The summed E-state index contributed by atoms with van der Waals surface area (Å²) in [6.07, 6.45) is 0. The molecule has 1 aliphatic rings. The maximum atomic E-state index is 13.2. The van der Waals surface area contributed by atoms with Crippen LogP contribution >= 0.6 is 0 Å². The maximum Gasteiger partial charge on any atom is 0.243 e. The van der Waals surface area contributed by atoms with E-state index >= 15 is 0 Å². The number of sulfonamides is 1. The molecular formula is C24H27N3O4S. The van der Waals surface area contributed by atoms with E-state index < -0.39 is 10.0 Å². The van der Waals surface area contributed by atoms with Gasteiger partial charge in [0.05, 0.1) is 17.7 Å². The molecule has 3 aromatic carbocycles. The zero-order valence-corrected chi connectivity index (χ0v) is 19.1. The van der Waals surface area contributed by atoms with Crippen molar-refractivity contribution in [3.8, 4) is 5.75 Å². The molecule has 1 aliphatic heterocycles. The van der Waals surface area contributed by atoms with Crippen LogP contribution in [0, 0.1) is 0 Å². The van der Waals surface area contributed by atoms with E-state index in [-0.39, 0.29) is 10.8 Å². The summed E-state index contributed by atoms with van der Waals surface area (Å²) in [7, 11) is -2.21. The van der Waals surface area contributed by atoms with Gasteiger partial charge < -0.3 is 10.1 Å². The van der Waals surface area contributed by atoms with Crippen molar-refractivity contribution in [1.82, 2.24) is 9.21 Å². The Bertz CT molecular complexity index is 1230. The first kappa shape index (κ1) is 22.3. The minimum Gasteiger partial charge on any atom is -0.495 e. The summed E-state index contributed by atoms with van der Waals surface area (Å²) < 4.78 is 33.2. The second kappa shape index (κ2) is 9.28. The number of methoxy groups -OCH3 is 1. The molecule has 0 bridgehead atoms. The second-order valence-corrected chi connectivity index (χ2v) is 9.80. The summed E-state index contributed by atoms with van der Waals surface area (Å²) in [4.78, 5) is 13.8. The van der Waals surface area contributed by atoms with Gasteiger partial charge in [-0.15, -0.1) is 0 Å². The first-order chi connectivity index (χ1) is 15.4. The highest BCUT2D eigenvalue weighted by Gasteiger charge is 2.29. The van der Waals surface area contributed by atoms with Crippen molar-refractivity contribution in [1.29, 1.82) is 0 Å². The number of carbonyl (C=O) groups is 1. The smallest absolute Gasteiger partial charge is 0.243 e. The van der Waals surface area contributed by atoms with Gasteiger partial charge in [-0.25, -0.2) is 8.42 Å². The summed E-state index contributed by atoms with van der Waals surface area (Å²) in [5.41, 5.74) is 1.69. The maximum absolute atomic E-state index is 13.2. The summed E-state index contributed by atoms with van der Waals surface area (Å²) >= 11 is 0. The van der Waals surface area contributed by atoms with Crippen LogP contribution in [0.4, 0.5) is 5.69 Å². The van der Waals surface area contributed by atoms with E-state index in [0.29, 0.717) is 37.6 Å². The predicted octanol–water partition coefficient (Wildman–Crippen LogP) is 3.31. The number of nitrogens with one attached hydrogen (secondary N) is 1. The normalized spacial score (nSPS) is 15.6. The quantitative estimate of drug-likeness (QED) is 0.620. The van der Waals surface area contributed by atoms with Crippen LogP contribution in [0.2, 0.25) is 0 Å². The number of hydrogen-bond donors (Lipinski definition) is 1. The lowest BCUT2D eigenvalue weighted by atomic mass is 10.0. The number of carbonyl (C=O) groups excluding carboxylic acids is 1. The van der Waals surface area contributed by atoms with E-state index in [1.807, 2.05) is 12.1 Å². The molecule has 0 atom stereocenters. The highest BCUT2D eigenvalue weighted by atomic mass is 32.2. The minimum absolute atomic E-state index is 0.158. The van der Waals surface area contributed by atoms with Crippen molar-refractivity contribution < 1.29 is 17.9 Å². The van der Waals surface area contributed by atoms with Gasteiger partial charge in [-0.3, -0.25) is 9.69 Å². The highest BCUT2D eigenvalue weighted by Crippen LogP contribution is 2.29. The van der Waals surface area contributed by atoms with Crippen molar-refractivity contribution in [2.24, 2.45) is 0 Å². The van der Waals surface area contributed by atoms with Crippen molar-refractivity contribution >= 4 is 32.4 Å². The number of nitrogens with zero attached hydrogens (tertiary/aromatic N) is 2. The molecule has 1 heterocycles. The standard InChI is InChI=1S/C24H27N3O4S/c1-18(28)25-23-11-10-21(16-24(23)31-2)32(29,30)27-14-12-26(13-15-27)17-20-8-5-7-19-6-3-4-9-22(19)20/h3-11,16H,12-15,17H2,1-2H3,(H,25,28). The molecule has 0 aliphatic carbocycles. The summed E-state index contributed by atoms with van der Waals surface area (Å²) in [5, 5.41) is 5.09. The lowest BCUT2D eigenvalue weighted by Crippen LogP contribution is -2.48.